The lowest BCUT2D eigenvalue weighted by Gasteiger charge is -2.18. The molecule has 0 heterocycles. The van der Waals surface area contributed by atoms with Crippen LogP contribution in [0.25, 0.3) is 5.70 Å². The average molecular weight is 506 g/mol. The van der Waals surface area contributed by atoms with Crippen LogP contribution in [0.3, 0.4) is 0 Å². The summed E-state index contributed by atoms with van der Waals surface area (Å²) in [5.74, 6) is -4.39. The van der Waals surface area contributed by atoms with E-state index in [0.29, 0.717) is 23.0 Å². The number of anilines is 2. The van der Waals surface area contributed by atoms with Gasteiger partial charge in [-0.25, -0.2) is 0 Å². The number of hydrogen-bond acceptors (Lipinski definition) is 6. The van der Waals surface area contributed by atoms with Crippen LogP contribution in [0.1, 0.15) is 38.3 Å². The highest BCUT2D eigenvalue weighted by Crippen LogP contribution is 2.31. The molecule has 0 saturated heterocycles. The maximum absolute atomic E-state index is 12.8. The molecule has 1 amide bonds. The van der Waals surface area contributed by atoms with E-state index in [1.165, 1.54) is 30.3 Å². The third kappa shape index (κ3) is 5.69. The van der Waals surface area contributed by atoms with Gasteiger partial charge >= 0.3 is 6.18 Å². The van der Waals surface area contributed by atoms with Crippen LogP contribution in [0.4, 0.5) is 24.5 Å². The van der Waals surface area contributed by atoms with Crippen LogP contribution in [-0.4, -0.2) is 29.0 Å². The minimum Gasteiger partial charge on any atom is -0.355 e. The SMILES string of the molecule is O=C1C=C(Nc2cccc(C(=O)CC(=O)C(=O)Nc3cccc(C(F)(F)F)c3)c2)c2ccccc2C1=O. The topological polar surface area (TPSA) is 109 Å². The second kappa shape index (κ2) is 10.0. The minimum atomic E-state index is -4.63. The molecule has 4 rings (SSSR count). The molecule has 10 heteroatoms. The Hall–Kier alpha value is -4.86. The Morgan fingerprint density at radius 1 is 0.784 bits per heavy atom. The monoisotopic (exact) mass is 506 g/mol. The fourth-order valence-electron chi connectivity index (χ4n) is 3.65. The molecule has 0 fully saturated rings. The first-order chi connectivity index (χ1) is 17.5. The molecule has 3 aromatic carbocycles. The predicted octanol–water partition coefficient (Wildman–Crippen LogP) is 4.70. The molecular weight excluding hydrogens is 489 g/mol. The molecule has 0 aliphatic heterocycles. The number of carbonyl (C=O) groups excluding carboxylic acids is 5. The number of Topliss-reactive ketones (excluding diaryl/α,β-unsaturated/α-hetero) is 3. The fraction of sp³-hybridized carbons (Fsp3) is 0.0741. The summed E-state index contributed by atoms with van der Waals surface area (Å²) >= 11 is 0. The molecule has 0 bridgehead atoms. The normalized spacial score (nSPS) is 12.9. The number of ketones is 4. The Morgan fingerprint density at radius 3 is 2.19 bits per heavy atom. The van der Waals surface area contributed by atoms with Gasteiger partial charge in [-0.05, 0) is 30.3 Å². The van der Waals surface area contributed by atoms with Gasteiger partial charge in [0.25, 0.3) is 5.91 Å². The Labute approximate surface area is 208 Å². The van der Waals surface area contributed by atoms with Crippen LogP contribution in [0.2, 0.25) is 0 Å². The van der Waals surface area contributed by atoms with Gasteiger partial charge in [0.15, 0.2) is 5.78 Å². The lowest BCUT2D eigenvalue weighted by Crippen LogP contribution is -2.25. The molecule has 0 atom stereocenters. The van der Waals surface area contributed by atoms with Crippen LogP contribution in [0, 0.1) is 0 Å². The Kier molecular flexibility index (Phi) is 6.83. The smallest absolute Gasteiger partial charge is 0.355 e. The predicted molar refractivity (Wildman–Crippen MR) is 128 cm³/mol. The van der Waals surface area contributed by atoms with Crippen LogP contribution in [0.5, 0.6) is 0 Å². The first-order valence-corrected chi connectivity index (χ1v) is 10.8. The van der Waals surface area contributed by atoms with Gasteiger partial charge in [-0.3, -0.25) is 24.0 Å². The fourth-order valence-corrected chi connectivity index (χ4v) is 3.65. The summed E-state index contributed by atoms with van der Waals surface area (Å²) in [7, 11) is 0. The van der Waals surface area contributed by atoms with Gasteiger partial charge in [-0.2, -0.15) is 13.2 Å². The Morgan fingerprint density at radius 2 is 1.46 bits per heavy atom. The van der Waals surface area contributed by atoms with E-state index in [0.717, 1.165) is 18.2 Å². The largest absolute Gasteiger partial charge is 0.416 e. The van der Waals surface area contributed by atoms with Crippen LogP contribution < -0.4 is 10.6 Å². The Balaban J connectivity index is 1.44. The summed E-state index contributed by atoms with van der Waals surface area (Å²) in [6, 6.07) is 16.2. The first-order valence-electron chi connectivity index (χ1n) is 10.8. The summed E-state index contributed by atoms with van der Waals surface area (Å²) in [6.45, 7) is 0. The van der Waals surface area contributed by atoms with Crippen LogP contribution >= 0.6 is 0 Å². The number of benzene rings is 3. The molecule has 0 saturated carbocycles. The number of rotatable bonds is 7. The highest BCUT2D eigenvalue weighted by molar-refractivity contribution is 6.50. The van der Waals surface area contributed by atoms with E-state index in [1.807, 2.05) is 0 Å². The molecule has 0 radical (unpaired) electrons. The zero-order chi connectivity index (χ0) is 26.7. The van der Waals surface area contributed by atoms with E-state index >= 15 is 0 Å². The Bertz CT molecular complexity index is 1490. The first kappa shape index (κ1) is 25.2. The molecule has 186 valence electrons. The van der Waals surface area contributed by atoms with Gasteiger partial charge in [-0.15, -0.1) is 0 Å². The van der Waals surface area contributed by atoms with Crippen molar-refractivity contribution in [2.75, 3.05) is 10.6 Å². The maximum Gasteiger partial charge on any atom is 0.416 e. The molecular formula is C27H17F3N2O5. The summed E-state index contributed by atoms with van der Waals surface area (Å²) in [4.78, 5) is 61.3. The number of amides is 1. The molecule has 3 aromatic rings. The quantitative estimate of drug-likeness (QED) is 0.273. The molecule has 37 heavy (non-hydrogen) atoms. The van der Waals surface area contributed by atoms with Crippen molar-refractivity contribution in [3.8, 4) is 0 Å². The standard InChI is InChI=1S/C27H17F3N2O5/c28-27(29,30)16-6-4-8-18(12-16)32-26(37)24(35)14-22(33)15-5-3-7-17(11-15)31-21-13-23(34)25(36)20-10-2-1-9-19(20)21/h1-13,31H,14H2,(H,32,37). The van der Waals surface area contributed by atoms with Crippen molar-refractivity contribution in [1.82, 2.24) is 0 Å². The zero-order valence-electron chi connectivity index (χ0n) is 18.9. The van der Waals surface area contributed by atoms with Crippen LogP contribution in [0.15, 0.2) is 78.9 Å². The summed E-state index contributed by atoms with van der Waals surface area (Å²) in [6.07, 6.45) is -4.29. The molecule has 0 aromatic heterocycles. The second-order valence-electron chi connectivity index (χ2n) is 8.06. The summed E-state index contributed by atoms with van der Waals surface area (Å²) in [5, 5.41) is 5.06. The van der Waals surface area contributed by atoms with Crippen molar-refractivity contribution in [2.45, 2.75) is 12.6 Å². The molecule has 0 spiro atoms. The third-order valence-corrected chi connectivity index (χ3v) is 5.45. The number of allylic oxidation sites excluding steroid dienone is 1. The molecule has 7 nitrogen and oxygen atoms in total. The van der Waals surface area contributed by atoms with Gasteiger partial charge in [0.2, 0.25) is 17.3 Å². The van der Waals surface area contributed by atoms with Gasteiger partial charge in [0, 0.05) is 34.1 Å². The van der Waals surface area contributed by atoms with Crippen molar-refractivity contribution in [3.05, 3.63) is 101 Å². The van der Waals surface area contributed by atoms with E-state index < -0.39 is 47.2 Å². The second-order valence-corrected chi connectivity index (χ2v) is 8.06. The van der Waals surface area contributed by atoms with E-state index in [9.17, 15) is 37.1 Å². The van der Waals surface area contributed by atoms with Crippen molar-refractivity contribution >= 4 is 46.1 Å². The zero-order valence-corrected chi connectivity index (χ0v) is 18.9. The van der Waals surface area contributed by atoms with Gasteiger partial charge in [0.1, 0.15) is 0 Å². The lowest BCUT2D eigenvalue weighted by atomic mass is 9.92. The number of nitrogens with one attached hydrogen (secondary N) is 2. The number of halogens is 3. The third-order valence-electron chi connectivity index (χ3n) is 5.45. The molecule has 1 aliphatic carbocycles. The van der Waals surface area contributed by atoms with Crippen molar-refractivity contribution in [2.24, 2.45) is 0 Å². The highest BCUT2D eigenvalue weighted by atomic mass is 19.4. The van der Waals surface area contributed by atoms with E-state index in [1.54, 1.807) is 24.3 Å². The van der Waals surface area contributed by atoms with E-state index in [4.69, 9.17) is 0 Å². The van der Waals surface area contributed by atoms with Gasteiger partial charge < -0.3 is 10.6 Å². The van der Waals surface area contributed by atoms with Crippen molar-refractivity contribution in [1.29, 1.82) is 0 Å². The minimum absolute atomic E-state index is 0.0808. The summed E-state index contributed by atoms with van der Waals surface area (Å²) in [5.41, 5.74) is 0.321. The summed E-state index contributed by atoms with van der Waals surface area (Å²) < 4.78 is 38.5. The molecule has 1 aliphatic rings. The average Bonchev–Trinajstić information content (AvgIpc) is 2.87. The maximum atomic E-state index is 12.8. The number of hydrogen-bond donors (Lipinski definition) is 2. The number of alkyl halides is 3. The molecule has 2 N–H and O–H groups in total. The lowest BCUT2D eigenvalue weighted by molar-refractivity contribution is -0.137. The van der Waals surface area contributed by atoms with Crippen molar-refractivity contribution < 1.29 is 37.1 Å². The van der Waals surface area contributed by atoms with E-state index in [-0.39, 0.29) is 16.8 Å². The molecule has 0 unspecified atom stereocenters. The number of fused-ring (bicyclic) bond motifs is 1. The van der Waals surface area contributed by atoms with Crippen molar-refractivity contribution in [3.63, 3.8) is 0 Å². The number of carbonyl (C=O) groups is 5. The highest BCUT2D eigenvalue weighted by Gasteiger charge is 2.31. The van der Waals surface area contributed by atoms with Crippen LogP contribution in [-0.2, 0) is 20.6 Å². The van der Waals surface area contributed by atoms with Gasteiger partial charge in [-0.1, -0.05) is 42.5 Å². The van der Waals surface area contributed by atoms with Gasteiger partial charge in [0.05, 0.1) is 17.7 Å². The van der Waals surface area contributed by atoms with E-state index in [2.05, 4.69) is 10.6 Å².